The fourth-order valence-corrected chi connectivity index (χ4v) is 3.72. The van der Waals surface area contributed by atoms with Crippen molar-refractivity contribution in [2.75, 3.05) is 5.01 Å². The minimum absolute atomic E-state index is 0.224. The molecular formula is C23H17F3N4. The van der Waals surface area contributed by atoms with Crippen LogP contribution in [0.3, 0.4) is 0 Å². The molecule has 0 saturated heterocycles. The summed E-state index contributed by atoms with van der Waals surface area (Å²) in [5.74, 6) is 0.673. The summed E-state index contributed by atoms with van der Waals surface area (Å²) < 4.78 is 38.9. The topological polar surface area (TPSA) is 44.3 Å². The third-order valence-electron chi connectivity index (χ3n) is 5.22. The van der Waals surface area contributed by atoms with Crippen molar-refractivity contribution in [1.29, 1.82) is 0 Å². The van der Waals surface area contributed by atoms with Gasteiger partial charge in [-0.2, -0.15) is 18.3 Å². The summed E-state index contributed by atoms with van der Waals surface area (Å²) in [6.45, 7) is 0. The second-order valence-electron chi connectivity index (χ2n) is 7.17. The van der Waals surface area contributed by atoms with Gasteiger partial charge in [0.05, 0.1) is 28.3 Å². The van der Waals surface area contributed by atoms with Crippen molar-refractivity contribution < 1.29 is 13.2 Å². The lowest BCUT2D eigenvalue weighted by atomic mass is 9.99. The number of aromatic amines is 1. The highest BCUT2D eigenvalue weighted by Crippen LogP contribution is 2.37. The molecule has 1 atom stereocenters. The summed E-state index contributed by atoms with van der Waals surface area (Å²) in [7, 11) is 0. The normalized spacial score (nSPS) is 16.8. The van der Waals surface area contributed by atoms with Gasteiger partial charge >= 0.3 is 6.18 Å². The van der Waals surface area contributed by atoms with Gasteiger partial charge in [0.25, 0.3) is 0 Å². The molecule has 1 aromatic heterocycles. The Hall–Kier alpha value is -3.61. The maximum Gasteiger partial charge on any atom is 0.416 e. The number of halogens is 3. The van der Waals surface area contributed by atoms with Gasteiger partial charge in [-0.05, 0) is 42.0 Å². The minimum atomic E-state index is -4.36. The summed E-state index contributed by atoms with van der Waals surface area (Å²) in [5.41, 5.74) is 3.50. The number of hydrazone groups is 1. The summed E-state index contributed by atoms with van der Waals surface area (Å²) >= 11 is 0. The third-order valence-corrected chi connectivity index (χ3v) is 5.22. The highest BCUT2D eigenvalue weighted by Gasteiger charge is 2.33. The Kier molecular flexibility index (Phi) is 4.31. The van der Waals surface area contributed by atoms with E-state index in [1.165, 1.54) is 12.1 Å². The van der Waals surface area contributed by atoms with E-state index in [1.807, 2.05) is 59.6 Å². The second kappa shape index (κ2) is 7.02. The van der Waals surface area contributed by atoms with Crippen LogP contribution < -0.4 is 5.01 Å². The van der Waals surface area contributed by atoms with Crippen LogP contribution in [0.1, 0.15) is 29.4 Å². The van der Waals surface area contributed by atoms with Crippen LogP contribution in [-0.2, 0) is 6.18 Å². The van der Waals surface area contributed by atoms with E-state index in [2.05, 4.69) is 9.97 Å². The summed E-state index contributed by atoms with van der Waals surface area (Å²) in [6, 6.07) is 22.4. The Morgan fingerprint density at radius 2 is 1.57 bits per heavy atom. The maximum absolute atomic E-state index is 13.0. The first-order valence-corrected chi connectivity index (χ1v) is 9.53. The van der Waals surface area contributed by atoms with Crippen molar-refractivity contribution in [3.63, 3.8) is 0 Å². The lowest BCUT2D eigenvalue weighted by molar-refractivity contribution is -0.137. The van der Waals surface area contributed by atoms with Crippen LogP contribution in [0.4, 0.5) is 18.9 Å². The molecule has 1 N–H and O–H groups in total. The monoisotopic (exact) mass is 406 g/mol. The number of fused-ring (bicyclic) bond motifs is 1. The zero-order valence-corrected chi connectivity index (χ0v) is 15.8. The molecule has 0 amide bonds. The molecule has 1 aliphatic heterocycles. The molecule has 0 spiro atoms. The zero-order chi connectivity index (χ0) is 20.7. The van der Waals surface area contributed by atoms with E-state index in [4.69, 9.17) is 5.10 Å². The van der Waals surface area contributed by atoms with Crippen LogP contribution in [0.2, 0.25) is 0 Å². The first kappa shape index (κ1) is 18.4. The highest BCUT2D eigenvalue weighted by atomic mass is 19.4. The molecule has 4 nitrogen and oxygen atoms in total. The molecular weight excluding hydrogens is 389 g/mol. The van der Waals surface area contributed by atoms with Gasteiger partial charge in [0.15, 0.2) is 5.82 Å². The Morgan fingerprint density at radius 3 is 2.27 bits per heavy atom. The van der Waals surface area contributed by atoms with Crippen molar-refractivity contribution in [3.05, 3.63) is 95.8 Å². The van der Waals surface area contributed by atoms with Gasteiger partial charge in [-0.25, -0.2) is 4.98 Å². The standard InChI is InChI=1S/C23H17F3N4/c24-23(25,26)16-12-10-15(11-13-16)21-14-20(29-30(21)17-6-2-1-3-7-17)22-27-18-8-4-5-9-19(18)28-22/h1-13,21H,14H2,(H,27,28). The fraction of sp³-hybridized carbons (Fsp3) is 0.130. The van der Waals surface area contributed by atoms with Crippen LogP contribution in [0, 0.1) is 0 Å². The molecule has 2 heterocycles. The van der Waals surface area contributed by atoms with E-state index >= 15 is 0 Å². The molecule has 0 bridgehead atoms. The molecule has 0 fully saturated rings. The number of H-pyrrole nitrogens is 1. The van der Waals surface area contributed by atoms with Crippen LogP contribution in [-0.4, -0.2) is 15.7 Å². The smallest absolute Gasteiger partial charge is 0.337 e. The number of aromatic nitrogens is 2. The first-order chi connectivity index (χ1) is 14.5. The van der Waals surface area contributed by atoms with Gasteiger partial charge in [-0.3, -0.25) is 5.01 Å². The van der Waals surface area contributed by atoms with E-state index in [-0.39, 0.29) is 6.04 Å². The number of imidazole rings is 1. The number of rotatable bonds is 3. The number of anilines is 1. The van der Waals surface area contributed by atoms with Gasteiger partial charge in [-0.1, -0.05) is 42.5 Å². The van der Waals surface area contributed by atoms with Crippen molar-refractivity contribution >= 4 is 22.4 Å². The summed E-state index contributed by atoms with van der Waals surface area (Å²) in [5, 5.41) is 6.64. The van der Waals surface area contributed by atoms with Crippen molar-refractivity contribution in [2.24, 2.45) is 5.10 Å². The Balaban J connectivity index is 1.53. The van der Waals surface area contributed by atoms with Crippen LogP contribution in [0.15, 0.2) is 84.0 Å². The zero-order valence-electron chi connectivity index (χ0n) is 15.8. The number of para-hydroxylation sites is 3. The number of nitrogens with one attached hydrogen (secondary N) is 1. The molecule has 3 aromatic carbocycles. The lowest BCUT2D eigenvalue weighted by Crippen LogP contribution is -2.18. The molecule has 150 valence electrons. The quantitative estimate of drug-likeness (QED) is 0.458. The third kappa shape index (κ3) is 3.32. The number of alkyl halides is 3. The molecule has 0 radical (unpaired) electrons. The Labute approximate surface area is 170 Å². The minimum Gasteiger partial charge on any atom is -0.337 e. The van der Waals surface area contributed by atoms with Crippen molar-refractivity contribution in [3.8, 4) is 0 Å². The van der Waals surface area contributed by atoms with Crippen LogP contribution in [0.25, 0.3) is 11.0 Å². The maximum atomic E-state index is 13.0. The molecule has 7 heteroatoms. The van der Waals surface area contributed by atoms with Crippen LogP contribution >= 0.6 is 0 Å². The van der Waals surface area contributed by atoms with E-state index in [1.54, 1.807) is 0 Å². The summed E-state index contributed by atoms with van der Waals surface area (Å²) in [4.78, 5) is 7.93. The first-order valence-electron chi connectivity index (χ1n) is 9.53. The molecule has 1 aliphatic rings. The number of benzene rings is 3. The van der Waals surface area contributed by atoms with Gasteiger partial charge in [0.2, 0.25) is 0 Å². The fourth-order valence-electron chi connectivity index (χ4n) is 3.72. The average molecular weight is 406 g/mol. The summed E-state index contributed by atoms with van der Waals surface area (Å²) in [6.07, 6.45) is -3.83. The van der Waals surface area contributed by atoms with Gasteiger partial charge in [-0.15, -0.1) is 0 Å². The molecule has 0 saturated carbocycles. The highest BCUT2D eigenvalue weighted by molar-refractivity contribution is 6.02. The second-order valence-corrected chi connectivity index (χ2v) is 7.17. The van der Waals surface area contributed by atoms with Crippen LogP contribution in [0.5, 0.6) is 0 Å². The molecule has 5 rings (SSSR count). The molecule has 0 aliphatic carbocycles. The van der Waals surface area contributed by atoms with Gasteiger partial charge in [0, 0.05) is 6.42 Å². The predicted molar refractivity (Wildman–Crippen MR) is 110 cm³/mol. The largest absolute Gasteiger partial charge is 0.416 e. The lowest BCUT2D eigenvalue weighted by Gasteiger charge is -2.24. The number of hydrogen-bond acceptors (Lipinski definition) is 3. The van der Waals surface area contributed by atoms with E-state index in [0.717, 1.165) is 40.1 Å². The van der Waals surface area contributed by atoms with Gasteiger partial charge in [0.1, 0.15) is 5.71 Å². The van der Waals surface area contributed by atoms with E-state index < -0.39 is 11.7 Å². The Bertz CT molecular complexity index is 1180. The van der Waals surface area contributed by atoms with Crippen molar-refractivity contribution in [2.45, 2.75) is 18.6 Å². The predicted octanol–water partition coefficient (Wildman–Crippen LogP) is 5.94. The average Bonchev–Trinajstić information content (AvgIpc) is 3.38. The van der Waals surface area contributed by atoms with Crippen molar-refractivity contribution in [1.82, 2.24) is 9.97 Å². The molecule has 4 aromatic rings. The van der Waals surface area contributed by atoms with Gasteiger partial charge < -0.3 is 4.98 Å². The number of hydrogen-bond donors (Lipinski definition) is 1. The van der Waals surface area contributed by atoms with E-state index in [0.29, 0.717) is 12.2 Å². The van der Waals surface area contributed by atoms with E-state index in [9.17, 15) is 13.2 Å². The Morgan fingerprint density at radius 1 is 0.867 bits per heavy atom. The number of nitrogens with zero attached hydrogens (tertiary/aromatic N) is 3. The SMILES string of the molecule is FC(F)(F)c1ccc(C2CC(c3nc4ccccc4[nH]3)=NN2c2ccccc2)cc1. The molecule has 1 unspecified atom stereocenters. The molecule has 30 heavy (non-hydrogen) atoms.